The molecular formula is C13H21BrN2. The zero-order valence-corrected chi connectivity index (χ0v) is 11.8. The van der Waals surface area contributed by atoms with Crippen molar-refractivity contribution >= 4 is 21.6 Å². The monoisotopic (exact) mass is 284 g/mol. The molecule has 0 aliphatic heterocycles. The van der Waals surface area contributed by atoms with Crippen molar-refractivity contribution in [3.63, 3.8) is 0 Å². The van der Waals surface area contributed by atoms with Gasteiger partial charge in [-0.3, -0.25) is 0 Å². The molecule has 0 saturated carbocycles. The smallest absolute Gasteiger partial charge is 0.106 e. The van der Waals surface area contributed by atoms with E-state index in [0.29, 0.717) is 6.04 Å². The second kappa shape index (κ2) is 7.66. The normalized spacial score (nSPS) is 12.4. The maximum absolute atomic E-state index is 4.20. The van der Waals surface area contributed by atoms with Gasteiger partial charge < -0.3 is 5.32 Å². The third-order valence-electron chi connectivity index (χ3n) is 2.63. The van der Waals surface area contributed by atoms with E-state index in [1.165, 1.54) is 32.1 Å². The van der Waals surface area contributed by atoms with E-state index in [-0.39, 0.29) is 0 Å². The van der Waals surface area contributed by atoms with Gasteiger partial charge in [0.15, 0.2) is 0 Å². The average Bonchev–Trinajstić information content (AvgIpc) is 2.28. The highest BCUT2D eigenvalue weighted by Gasteiger charge is 2.01. The summed E-state index contributed by atoms with van der Waals surface area (Å²) in [4.78, 5) is 4.20. The largest absolute Gasteiger partial charge is 0.381 e. The molecule has 3 heteroatoms. The van der Waals surface area contributed by atoms with Gasteiger partial charge in [0.1, 0.15) is 4.60 Å². The lowest BCUT2D eigenvalue weighted by atomic mass is 10.1. The molecule has 0 aliphatic carbocycles. The fourth-order valence-corrected chi connectivity index (χ4v) is 1.93. The Morgan fingerprint density at radius 2 is 2.12 bits per heavy atom. The number of hydrogen-bond acceptors (Lipinski definition) is 2. The van der Waals surface area contributed by atoms with Crippen LogP contribution in [-0.4, -0.2) is 11.0 Å². The molecule has 1 unspecified atom stereocenters. The summed E-state index contributed by atoms with van der Waals surface area (Å²) in [6, 6.07) is 4.55. The van der Waals surface area contributed by atoms with Gasteiger partial charge >= 0.3 is 0 Å². The van der Waals surface area contributed by atoms with Crippen LogP contribution < -0.4 is 5.32 Å². The van der Waals surface area contributed by atoms with Crippen LogP contribution in [0.15, 0.2) is 22.9 Å². The van der Waals surface area contributed by atoms with Crippen molar-refractivity contribution in [3.8, 4) is 0 Å². The van der Waals surface area contributed by atoms with Crippen molar-refractivity contribution < 1.29 is 0 Å². The molecule has 1 rings (SSSR count). The Kier molecular flexibility index (Phi) is 6.46. The Labute approximate surface area is 107 Å². The molecule has 90 valence electrons. The van der Waals surface area contributed by atoms with Gasteiger partial charge in [-0.1, -0.05) is 32.6 Å². The lowest BCUT2D eigenvalue weighted by molar-refractivity contribution is 0.594. The Balaban J connectivity index is 2.23. The predicted molar refractivity (Wildman–Crippen MR) is 73.8 cm³/mol. The van der Waals surface area contributed by atoms with E-state index in [0.717, 1.165) is 10.3 Å². The molecule has 0 aliphatic rings. The van der Waals surface area contributed by atoms with Crippen molar-refractivity contribution in [1.82, 2.24) is 4.98 Å². The van der Waals surface area contributed by atoms with Crippen LogP contribution in [0.5, 0.6) is 0 Å². The van der Waals surface area contributed by atoms with Gasteiger partial charge in [-0.15, -0.1) is 0 Å². The predicted octanol–water partition coefficient (Wildman–Crippen LogP) is 4.61. The SMILES string of the molecule is CCCCCCC(C)Nc1ccc(Br)nc1. The lowest BCUT2D eigenvalue weighted by Crippen LogP contribution is -2.14. The number of nitrogens with zero attached hydrogens (tertiary/aromatic N) is 1. The molecule has 1 atom stereocenters. The van der Waals surface area contributed by atoms with Gasteiger partial charge in [0.25, 0.3) is 0 Å². The fourth-order valence-electron chi connectivity index (χ4n) is 1.70. The van der Waals surface area contributed by atoms with Crippen LogP contribution in [0, 0.1) is 0 Å². The topological polar surface area (TPSA) is 24.9 Å². The van der Waals surface area contributed by atoms with Crippen LogP contribution >= 0.6 is 15.9 Å². The van der Waals surface area contributed by atoms with E-state index in [1.54, 1.807) is 0 Å². The number of nitrogens with one attached hydrogen (secondary N) is 1. The molecule has 0 spiro atoms. The summed E-state index contributed by atoms with van der Waals surface area (Å²) in [5.41, 5.74) is 1.10. The standard InChI is InChI=1S/C13H21BrN2/c1-3-4-5-6-7-11(2)16-12-8-9-13(14)15-10-12/h8-11,16H,3-7H2,1-2H3. The Bertz CT molecular complexity index is 284. The number of aromatic nitrogens is 1. The number of halogens is 1. The Hall–Kier alpha value is -0.570. The summed E-state index contributed by atoms with van der Waals surface area (Å²) in [6.45, 7) is 4.48. The van der Waals surface area contributed by atoms with Crippen molar-refractivity contribution in [1.29, 1.82) is 0 Å². The summed E-state index contributed by atoms with van der Waals surface area (Å²) >= 11 is 3.33. The molecule has 16 heavy (non-hydrogen) atoms. The number of anilines is 1. The fraction of sp³-hybridized carbons (Fsp3) is 0.615. The summed E-state index contributed by atoms with van der Waals surface area (Å²) in [5, 5.41) is 3.46. The molecular weight excluding hydrogens is 264 g/mol. The minimum absolute atomic E-state index is 0.528. The van der Waals surface area contributed by atoms with Crippen LogP contribution in [0.2, 0.25) is 0 Å². The van der Waals surface area contributed by atoms with E-state index in [4.69, 9.17) is 0 Å². The summed E-state index contributed by atoms with van der Waals surface area (Å²) < 4.78 is 0.883. The highest BCUT2D eigenvalue weighted by Crippen LogP contribution is 2.13. The first-order valence-electron chi connectivity index (χ1n) is 6.10. The first kappa shape index (κ1) is 13.5. The summed E-state index contributed by atoms with van der Waals surface area (Å²) in [7, 11) is 0. The number of unbranched alkanes of at least 4 members (excludes halogenated alkanes) is 3. The number of rotatable bonds is 7. The van der Waals surface area contributed by atoms with E-state index >= 15 is 0 Å². The summed E-state index contributed by atoms with van der Waals surface area (Å²) in [5.74, 6) is 0. The second-order valence-corrected chi connectivity index (χ2v) is 5.08. The van der Waals surface area contributed by atoms with Crippen molar-refractivity contribution in [2.24, 2.45) is 0 Å². The molecule has 0 saturated heterocycles. The first-order valence-corrected chi connectivity index (χ1v) is 6.89. The van der Waals surface area contributed by atoms with Gasteiger partial charge in [-0.25, -0.2) is 4.98 Å². The maximum atomic E-state index is 4.20. The van der Waals surface area contributed by atoms with Crippen LogP contribution in [0.3, 0.4) is 0 Å². The van der Waals surface area contributed by atoms with Gasteiger partial charge in [0.05, 0.1) is 11.9 Å². The molecule has 1 heterocycles. The zero-order chi connectivity index (χ0) is 11.8. The van der Waals surface area contributed by atoms with Crippen molar-refractivity contribution in [2.45, 2.75) is 52.0 Å². The zero-order valence-electron chi connectivity index (χ0n) is 10.2. The molecule has 0 bridgehead atoms. The molecule has 1 N–H and O–H groups in total. The van der Waals surface area contributed by atoms with Gasteiger partial charge in [0.2, 0.25) is 0 Å². The third-order valence-corrected chi connectivity index (χ3v) is 3.10. The first-order chi connectivity index (χ1) is 7.72. The van der Waals surface area contributed by atoms with E-state index in [9.17, 15) is 0 Å². The lowest BCUT2D eigenvalue weighted by Gasteiger charge is -2.14. The van der Waals surface area contributed by atoms with Crippen molar-refractivity contribution in [3.05, 3.63) is 22.9 Å². The highest BCUT2D eigenvalue weighted by atomic mass is 79.9. The van der Waals surface area contributed by atoms with E-state index in [2.05, 4.69) is 46.1 Å². The molecule has 0 radical (unpaired) electrons. The molecule has 2 nitrogen and oxygen atoms in total. The van der Waals surface area contributed by atoms with E-state index < -0.39 is 0 Å². The van der Waals surface area contributed by atoms with Crippen LogP contribution in [0.1, 0.15) is 46.0 Å². The van der Waals surface area contributed by atoms with Crippen molar-refractivity contribution in [2.75, 3.05) is 5.32 Å². The molecule has 0 amide bonds. The van der Waals surface area contributed by atoms with E-state index in [1.807, 2.05) is 12.3 Å². The quantitative estimate of drug-likeness (QED) is 0.584. The third kappa shape index (κ3) is 5.50. The van der Waals surface area contributed by atoms with Gasteiger partial charge in [-0.2, -0.15) is 0 Å². The molecule has 1 aromatic rings. The Morgan fingerprint density at radius 3 is 2.75 bits per heavy atom. The van der Waals surface area contributed by atoms with Crippen LogP contribution in [0.4, 0.5) is 5.69 Å². The summed E-state index contributed by atoms with van der Waals surface area (Å²) in [6.07, 6.45) is 8.42. The minimum Gasteiger partial charge on any atom is -0.381 e. The average molecular weight is 285 g/mol. The minimum atomic E-state index is 0.528. The number of pyridine rings is 1. The second-order valence-electron chi connectivity index (χ2n) is 4.26. The Morgan fingerprint density at radius 1 is 1.31 bits per heavy atom. The van der Waals surface area contributed by atoms with Gasteiger partial charge in [0, 0.05) is 6.04 Å². The van der Waals surface area contributed by atoms with Crippen LogP contribution in [0.25, 0.3) is 0 Å². The highest BCUT2D eigenvalue weighted by molar-refractivity contribution is 9.10. The molecule has 0 fully saturated rings. The molecule has 1 aromatic heterocycles. The van der Waals surface area contributed by atoms with Gasteiger partial charge in [-0.05, 0) is 41.4 Å². The number of hydrogen-bond donors (Lipinski definition) is 1. The molecule has 0 aromatic carbocycles. The van der Waals surface area contributed by atoms with Crippen LogP contribution in [-0.2, 0) is 0 Å². The maximum Gasteiger partial charge on any atom is 0.106 e.